The van der Waals surface area contributed by atoms with Crippen molar-refractivity contribution in [1.82, 2.24) is 0 Å². The van der Waals surface area contributed by atoms with E-state index in [-0.39, 0.29) is 24.7 Å². The molecule has 2 rings (SSSR count). The predicted molar refractivity (Wildman–Crippen MR) is 61.2 cm³/mol. The van der Waals surface area contributed by atoms with E-state index >= 15 is 0 Å². The molecule has 0 aromatic heterocycles. The number of amides is 1. The highest BCUT2D eigenvalue weighted by Gasteiger charge is 2.27. The smallest absolute Gasteiger partial charge is 0.303 e. The van der Waals surface area contributed by atoms with Gasteiger partial charge in [0, 0.05) is 18.0 Å². The van der Waals surface area contributed by atoms with Gasteiger partial charge in [-0.3, -0.25) is 9.59 Å². The molecule has 1 amide bonds. The molecule has 1 atom stereocenters. The van der Waals surface area contributed by atoms with Gasteiger partial charge in [-0.05, 0) is 23.8 Å². The van der Waals surface area contributed by atoms with Crippen LogP contribution in [0.2, 0.25) is 0 Å². The number of rotatable bonds is 3. The lowest BCUT2D eigenvalue weighted by atomic mass is 9.88. The third-order valence-corrected chi connectivity index (χ3v) is 2.83. The monoisotopic (exact) mass is 235 g/mol. The molecule has 0 saturated carbocycles. The van der Waals surface area contributed by atoms with E-state index in [0.717, 1.165) is 5.56 Å². The molecule has 17 heavy (non-hydrogen) atoms. The number of ether oxygens (including phenoxy) is 1. The van der Waals surface area contributed by atoms with Gasteiger partial charge >= 0.3 is 5.97 Å². The van der Waals surface area contributed by atoms with Crippen LogP contribution in [0.15, 0.2) is 18.2 Å². The number of hydrogen-bond donors (Lipinski definition) is 2. The van der Waals surface area contributed by atoms with Crippen molar-refractivity contribution in [3.05, 3.63) is 23.8 Å². The Bertz CT molecular complexity index is 470. The first kappa shape index (κ1) is 11.4. The normalized spacial score (nSPS) is 18.2. The molecule has 90 valence electrons. The summed E-state index contributed by atoms with van der Waals surface area (Å²) in [4.78, 5) is 22.2. The molecule has 0 aliphatic carbocycles. The highest BCUT2D eigenvalue weighted by Crippen LogP contribution is 2.36. The zero-order chi connectivity index (χ0) is 12.4. The van der Waals surface area contributed by atoms with Gasteiger partial charge in [0.15, 0.2) is 0 Å². The minimum atomic E-state index is -0.904. The number of nitrogens with one attached hydrogen (secondary N) is 1. The number of carbonyl (C=O) groups is 2. The average Bonchev–Trinajstić information content (AvgIpc) is 2.27. The number of hydrogen-bond acceptors (Lipinski definition) is 3. The van der Waals surface area contributed by atoms with E-state index < -0.39 is 5.97 Å². The molecular weight excluding hydrogens is 222 g/mol. The minimum absolute atomic E-state index is 0.0480. The topological polar surface area (TPSA) is 75.6 Å². The van der Waals surface area contributed by atoms with Crippen LogP contribution in [0.25, 0.3) is 0 Å². The van der Waals surface area contributed by atoms with Gasteiger partial charge in [-0.1, -0.05) is 0 Å². The molecule has 1 aromatic carbocycles. The number of anilines is 1. The van der Waals surface area contributed by atoms with Gasteiger partial charge in [0.2, 0.25) is 5.91 Å². The number of benzene rings is 1. The number of carboxylic acids is 1. The van der Waals surface area contributed by atoms with Gasteiger partial charge in [-0.25, -0.2) is 0 Å². The van der Waals surface area contributed by atoms with Crippen LogP contribution in [0.5, 0.6) is 5.75 Å². The first-order valence-corrected chi connectivity index (χ1v) is 5.29. The lowest BCUT2D eigenvalue weighted by molar-refractivity contribution is -0.137. The number of aliphatic carboxylic acids is 1. The number of carboxylic acid groups (broad SMARTS) is 1. The van der Waals surface area contributed by atoms with Crippen LogP contribution in [-0.4, -0.2) is 24.1 Å². The molecule has 0 bridgehead atoms. The van der Waals surface area contributed by atoms with Crippen LogP contribution in [-0.2, 0) is 9.59 Å². The summed E-state index contributed by atoms with van der Waals surface area (Å²) in [6.07, 6.45) is 0.153. The molecule has 1 aromatic rings. The van der Waals surface area contributed by atoms with Crippen molar-refractivity contribution in [3.63, 3.8) is 0 Å². The first-order chi connectivity index (χ1) is 8.10. The summed E-state index contributed by atoms with van der Waals surface area (Å²) in [7, 11) is 1.55. The second-order valence-corrected chi connectivity index (χ2v) is 4.00. The van der Waals surface area contributed by atoms with E-state index in [0.29, 0.717) is 11.4 Å². The van der Waals surface area contributed by atoms with E-state index in [1.807, 2.05) is 0 Å². The van der Waals surface area contributed by atoms with Crippen molar-refractivity contribution in [1.29, 1.82) is 0 Å². The van der Waals surface area contributed by atoms with Crippen molar-refractivity contribution in [2.24, 2.45) is 0 Å². The lowest BCUT2D eigenvalue weighted by Gasteiger charge is -2.24. The fourth-order valence-electron chi connectivity index (χ4n) is 2.05. The Hall–Kier alpha value is -2.04. The second-order valence-electron chi connectivity index (χ2n) is 4.00. The Balaban J connectivity index is 2.38. The number of methoxy groups -OCH3 is 1. The second kappa shape index (κ2) is 4.45. The molecule has 1 aliphatic rings. The zero-order valence-corrected chi connectivity index (χ0v) is 9.40. The van der Waals surface area contributed by atoms with Crippen LogP contribution in [0, 0.1) is 0 Å². The molecule has 1 heterocycles. The van der Waals surface area contributed by atoms with Crippen molar-refractivity contribution in [2.45, 2.75) is 18.8 Å². The summed E-state index contributed by atoms with van der Waals surface area (Å²) in [5, 5.41) is 11.6. The zero-order valence-electron chi connectivity index (χ0n) is 9.40. The summed E-state index contributed by atoms with van der Waals surface area (Å²) in [5.41, 5.74) is 1.50. The van der Waals surface area contributed by atoms with Crippen molar-refractivity contribution in [2.75, 3.05) is 12.4 Å². The maximum atomic E-state index is 11.4. The fourth-order valence-corrected chi connectivity index (χ4v) is 2.05. The van der Waals surface area contributed by atoms with Crippen molar-refractivity contribution < 1.29 is 19.4 Å². The molecule has 0 saturated heterocycles. The van der Waals surface area contributed by atoms with Gasteiger partial charge in [0.1, 0.15) is 5.75 Å². The molecule has 2 N–H and O–H groups in total. The third kappa shape index (κ3) is 2.38. The molecular formula is C12H13NO4. The quantitative estimate of drug-likeness (QED) is 0.834. The van der Waals surface area contributed by atoms with Crippen LogP contribution >= 0.6 is 0 Å². The Morgan fingerprint density at radius 3 is 3.00 bits per heavy atom. The first-order valence-electron chi connectivity index (χ1n) is 5.29. The molecule has 5 nitrogen and oxygen atoms in total. The largest absolute Gasteiger partial charge is 0.497 e. The van der Waals surface area contributed by atoms with Crippen molar-refractivity contribution >= 4 is 17.6 Å². The molecule has 1 aliphatic heterocycles. The van der Waals surface area contributed by atoms with Crippen LogP contribution < -0.4 is 10.1 Å². The van der Waals surface area contributed by atoms with Crippen LogP contribution in [0.4, 0.5) is 5.69 Å². The fraction of sp³-hybridized carbons (Fsp3) is 0.333. The Kier molecular flexibility index (Phi) is 2.99. The van der Waals surface area contributed by atoms with E-state index in [9.17, 15) is 9.59 Å². The van der Waals surface area contributed by atoms with Crippen LogP contribution in [0.3, 0.4) is 0 Å². The highest BCUT2D eigenvalue weighted by atomic mass is 16.5. The molecule has 1 unspecified atom stereocenters. The Labute approximate surface area is 98.4 Å². The summed E-state index contributed by atoms with van der Waals surface area (Å²) >= 11 is 0. The summed E-state index contributed by atoms with van der Waals surface area (Å²) in [6.45, 7) is 0. The van der Waals surface area contributed by atoms with E-state index in [2.05, 4.69) is 5.32 Å². The highest BCUT2D eigenvalue weighted by molar-refractivity contribution is 5.95. The summed E-state index contributed by atoms with van der Waals surface area (Å²) in [6, 6.07) is 5.25. The molecule has 0 fully saturated rings. The van der Waals surface area contributed by atoms with E-state index in [1.165, 1.54) is 0 Å². The Morgan fingerprint density at radius 2 is 2.35 bits per heavy atom. The SMILES string of the molecule is COc1ccc2c(c1)C(CC(=O)O)CC(=O)N2. The molecule has 0 spiro atoms. The standard InChI is InChI=1S/C12H13NO4/c1-17-8-2-3-10-9(6-8)7(5-12(15)16)4-11(14)13-10/h2-3,6-7H,4-5H2,1H3,(H,13,14)(H,15,16). The number of fused-ring (bicyclic) bond motifs is 1. The van der Waals surface area contributed by atoms with Crippen molar-refractivity contribution in [3.8, 4) is 5.75 Å². The maximum absolute atomic E-state index is 11.4. The van der Waals surface area contributed by atoms with Gasteiger partial charge in [-0.15, -0.1) is 0 Å². The predicted octanol–water partition coefficient (Wildman–Crippen LogP) is 1.60. The Morgan fingerprint density at radius 1 is 1.59 bits per heavy atom. The van der Waals surface area contributed by atoms with Gasteiger partial charge in [0.25, 0.3) is 0 Å². The lowest BCUT2D eigenvalue weighted by Crippen LogP contribution is -2.24. The molecule has 0 radical (unpaired) electrons. The van der Waals surface area contributed by atoms with Gasteiger partial charge in [-0.2, -0.15) is 0 Å². The van der Waals surface area contributed by atoms with Crippen LogP contribution in [0.1, 0.15) is 24.3 Å². The summed E-state index contributed by atoms with van der Waals surface area (Å²) in [5.74, 6) is -0.672. The average molecular weight is 235 g/mol. The summed E-state index contributed by atoms with van der Waals surface area (Å²) < 4.78 is 5.10. The minimum Gasteiger partial charge on any atom is -0.497 e. The van der Waals surface area contributed by atoms with E-state index in [1.54, 1.807) is 25.3 Å². The van der Waals surface area contributed by atoms with E-state index in [4.69, 9.17) is 9.84 Å². The van der Waals surface area contributed by atoms with Gasteiger partial charge < -0.3 is 15.2 Å². The maximum Gasteiger partial charge on any atom is 0.303 e. The molecule has 5 heteroatoms. The number of carbonyl (C=O) groups excluding carboxylic acids is 1. The van der Waals surface area contributed by atoms with Gasteiger partial charge in [0.05, 0.1) is 13.5 Å². The third-order valence-electron chi connectivity index (χ3n) is 2.83.